The van der Waals surface area contributed by atoms with Crippen molar-refractivity contribution in [3.8, 4) is 0 Å². The van der Waals surface area contributed by atoms with Crippen LogP contribution >= 0.6 is 11.6 Å². The maximum atomic E-state index is 14.0. The fourth-order valence-corrected chi connectivity index (χ4v) is 2.42. The van der Waals surface area contributed by atoms with Crippen LogP contribution in [0.4, 0.5) is 17.6 Å². The molecule has 1 unspecified atom stereocenters. The van der Waals surface area contributed by atoms with Crippen LogP contribution in [-0.4, -0.2) is 23.2 Å². The molecular weight excluding hydrogens is 336 g/mol. The highest BCUT2D eigenvalue weighted by Crippen LogP contribution is 2.32. The first-order valence-electron chi connectivity index (χ1n) is 6.70. The first kappa shape index (κ1) is 17.5. The number of carbonyl (C=O) groups is 1. The number of amides is 1. The molecule has 0 radical (unpaired) electrons. The van der Waals surface area contributed by atoms with E-state index in [1.165, 1.54) is 17.9 Å². The number of aliphatic imine (C=N–C) groups is 1. The number of carbonyl (C=O) groups excluding carboxylic acids is 1. The molecule has 1 aliphatic heterocycles. The minimum Gasteiger partial charge on any atom is -0.296 e. The predicted octanol–water partition coefficient (Wildman–Crippen LogP) is 4.29. The van der Waals surface area contributed by atoms with Gasteiger partial charge >= 0.3 is 6.18 Å². The first-order valence-corrected chi connectivity index (χ1v) is 7.08. The third-order valence-corrected chi connectivity index (χ3v) is 3.77. The molecule has 8 heteroatoms. The molecule has 0 saturated carbocycles. The van der Waals surface area contributed by atoms with E-state index in [4.69, 9.17) is 11.6 Å². The van der Waals surface area contributed by atoms with Gasteiger partial charge in [-0.05, 0) is 32.1 Å². The second-order valence-electron chi connectivity index (χ2n) is 5.09. The van der Waals surface area contributed by atoms with Gasteiger partial charge in [-0.15, -0.1) is 0 Å². The number of benzene rings is 1. The van der Waals surface area contributed by atoms with Crippen molar-refractivity contribution in [2.45, 2.75) is 25.9 Å². The molecule has 0 fully saturated rings. The molecule has 0 spiro atoms. The molecule has 124 valence electrons. The molecule has 2 rings (SSSR count). The van der Waals surface area contributed by atoms with Crippen molar-refractivity contribution in [3.63, 3.8) is 0 Å². The zero-order valence-electron chi connectivity index (χ0n) is 12.3. The second-order valence-corrected chi connectivity index (χ2v) is 5.48. The van der Waals surface area contributed by atoms with Crippen molar-refractivity contribution >= 4 is 23.3 Å². The Labute approximate surface area is 135 Å². The summed E-state index contributed by atoms with van der Waals surface area (Å²) in [7, 11) is 0. The van der Waals surface area contributed by atoms with Crippen molar-refractivity contribution in [2.24, 2.45) is 4.99 Å². The number of hydrogen-bond acceptors (Lipinski definition) is 2. The maximum Gasteiger partial charge on any atom is 0.416 e. The quantitative estimate of drug-likeness (QED) is 0.579. The lowest BCUT2D eigenvalue weighted by Crippen LogP contribution is -2.39. The average molecular weight is 349 g/mol. The second kappa shape index (κ2) is 6.31. The van der Waals surface area contributed by atoms with Crippen molar-refractivity contribution in [1.29, 1.82) is 0 Å². The molecule has 1 atom stereocenters. The normalized spacial score (nSPS) is 16.7. The van der Waals surface area contributed by atoms with Crippen molar-refractivity contribution in [2.75, 3.05) is 6.54 Å². The van der Waals surface area contributed by atoms with E-state index in [2.05, 4.69) is 4.99 Å². The maximum absolute atomic E-state index is 14.0. The van der Waals surface area contributed by atoms with Crippen molar-refractivity contribution in [3.05, 3.63) is 46.4 Å². The van der Waals surface area contributed by atoms with E-state index in [9.17, 15) is 22.4 Å². The Kier molecular flexibility index (Phi) is 4.79. The van der Waals surface area contributed by atoms with E-state index in [-0.39, 0.29) is 17.3 Å². The summed E-state index contributed by atoms with van der Waals surface area (Å²) in [4.78, 5) is 17.7. The molecule has 3 nitrogen and oxygen atoms in total. The molecule has 0 aliphatic carbocycles. The Morgan fingerprint density at radius 2 is 2.04 bits per heavy atom. The van der Waals surface area contributed by atoms with Gasteiger partial charge in [-0.2, -0.15) is 13.2 Å². The smallest absolute Gasteiger partial charge is 0.296 e. The number of nitrogens with zero attached hydrogens (tertiary/aromatic N) is 2. The predicted molar refractivity (Wildman–Crippen MR) is 78.6 cm³/mol. The van der Waals surface area contributed by atoms with Gasteiger partial charge in [0.15, 0.2) is 0 Å². The van der Waals surface area contributed by atoms with Crippen LogP contribution < -0.4 is 0 Å². The monoisotopic (exact) mass is 348 g/mol. The lowest BCUT2D eigenvalue weighted by atomic mass is 9.97. The van der Waals surface area contributed by atoms with Crippen molar-refractivity contribution < 1.29 is 22.4 Å². The Hall–Kier alpha value is -1.89. The standard InChI is InChI=1S/C15H13ClF4N2O/c1-8(14(23)22-6-5-13(16)21-9(22)2)11-4-3-10(7-12(11)17)15(18,19)20/h3-5,7-8H,6H2,1-2H3. The van der Waals surface area contributed by atoms with E-state index in [1.807, 2.05) is 0 Å². The van der Waals surface area contributed by atoms with Gasteiger partial charge in [-0.25, -0.2) is 9.38 Å². The van der Waals surface area contributed by atoms with Crippen LogP contribution in [-0.2, 0) is 11.0 Å². The van der Waals surface area contributed by atoms with E-state index >= 15 is 0 Å². The molecule has 0 N–H and O–H groups in total. The molecule has 23 heavy (non-hydrogen) atoms. The van der Waals surface area contributed by atoms with Gasteiger partial charge in [0.1, 0.15) is 16.8 Å². The highest BCUT2D eigenvalue weighted by Gasteiger charge is 2.33. The molecule has 1 amide bonds. The lowest BCUT2D eigenvalue weighted by Gasteiger charge is -2.27. The third-order valence-electron chi connectivity index (χ3n) is 3.53. The van der Waals surface area contributed by atoms with Gasteiger partial charge in [-0.3, -0.25) is 9.69 Å². The van der Waals surface area contributed by atoms with E-state index in [0.29, 0.717) is 11.9 Å². The Balaban J connectivity index is 2.26. The fraction of sp³-hybridized carbons (Fsp3) is 0.333. The number of rotatable bonds is 2. The molecule has 1 aromatic carbocycles. The van der Waals surface area contributed by atoms with Crippen molar-refractivity contribution in [1.82, 2.24) is 4.90 Å². The Bertz CT molecular complexity index is 697. The summed E-state index contributed by atoms with van der Waals surface area (Å²) in [5.74, 6) is -2.14. The van der Waals surface area contributed by atoms with Crippen LogP contribution in [0.15, 0.2) is 34.4 Å². The van der Waals surface area contributed by atoms with Gasteiger partial charge < -0.3 is 0 Å². The van der Waals surface area contributed by atoms with Crippen LogP contribution in [0.5, 0.6) is 0 Å². The topological polar surface area (TPSA) is 32.7 Å². The van der Waals surface area contributed by atoms with Gasteiger partial charge in [0, 0.05) is 12.1 Å². The zero-order valence-corrected chi connectivity index (χ0v) is 13.0. The van der Waals surface area contributed by atoms with Gasteiger partial charge in [-0.1, -0.05) is 17.7 Å². The Morgan fingerprint density at radius 1 is 1.39 bits per heavy atom. The summed E-state index contributed by atoms with van der Waals surface area (Å²) in [5, 5.41) is 0.250. The molecule has 1 aliphatic rings. The van der Waals surface area contributed by atoms with Crippen LogP contribution in [0.25, 0.3) is 0 Å². The largest absolute Gasteiger partial charge is 0.416 e. The van der Waals surface area contributed by atoms with Crippen LogP contribution in [0.2, 0.25) is 0 Å². The molecule has 0 bridgehead atoms. The highest BCUT2D eigenvalue weighted by atomic mass is 35.5. The fourth-order valence-electron chi connectivity index (χ4n) is 2.23. The number of hydrogen-bond donors (Lipinski definition) is 0. The summed E-state index contributed by atoms with van der Waals surface area (Å²) in [5.41, 5.74) is -1.19. The van der Waals surface area contributed by atoms with Crippen LogP contribution in [0.1, 0.15) is 30.9 Å². The summed E-state index contributed by atoms with van der Waals surface area (Å²) in [6.07, 6.45) is -3.12. The van der Waals surface area contributed by atoms with E-state index < -0.39 is 29.4 Å². The van der Waals surface area contributed by atoms with Gasteiger partial charge in [0.2, 0.25) is 5.91 Å². The third kappa shape index (κ3) is 3.72. The lowest BCUT2D eigenvalue weighted by molar-refractivity contribution is -0.137. The molecule has 1 heterocycles. The minimum absolute atomic E-state index is 0.101. The highest BCUT2D eigenvalue weighted by molar-refractivity contribution is 6.30. The molecule has 0 saturated heterocycles. The molecule has 1 aromatic rings. The minimum atomic E-state index is -4.63. The number of amidine groups is 1. The number of alkyl halides is 3. The summed E-state index contributed by atoms with van der Waals surface area (Å²) < 4.78 is 51.7. The first-order chi connectivity index (χ1) is 10.6. The summed E-state index contributed by atoms with van der Waals surface area (Å²) in [6.45, 7) is 3.18. The average Bonchev–Trinajstić information content (AvgIpc) is 2.45. The van der Waals surface area contributed by atoms with E-state index in [1.54, 1.807) is 6.92 Å². The zero-order chi connectivity index (χ0) is 17.4. The SMILES string of the molecule is CC1=NC(Cl)=CCN1C(=O)C(C)c1ccc(C(F)(F)F)cc1F. The summed E-state index contributed by atoms with van der Waals surface area (Å²) >= 11 is 5.73. The Morgan fingerprint density at radius 3 is 2.57 bits per heavy atom. The number of halogens is 5. The molecular formula is C15H13ClF4N2O. The van der Waals surface area contributed by atoms with Crippen LogP contribution in [0.3, 0.4) is 0 Å². The van der Waals surface area contributed by atoms with Crippen LogP contribution in [0, 0.1) is 5.82 Å². The van der Waals surface area contributed by atoms with Gasteiger partial charge in [0.25, 0.3) is 0 Å². The molecule has 0 aromatic heterocycles. The van der Waals surface area contributed by atoms with E-state index in [0.717, 1.165) is 12.1 Å². The van der Waals surface area contributed by atoms with Gasteiger partial charge in [0.05, 0.1) is 11.5 Å². The summed E-state index contributed by atoms with van der Waals surface area (Å²) in [6, 6.07) is 2.14.